The van der Waals surface area contributed by atoms with E-state index in [2.05, 4.69) is 10.3 Å². The van der Waals surface area contributed by atoms with Gasteiger partial charge in [0.25, 0.3) is 10.0 Å². The molecule has 1 aromatic carbocycles. The number of sulfonamides is 1. The maximum Gasteiger partial charge on any atom is 0.284 e. The minimum Gasteiger partial charge on any atom is -0.394 e. The lowest BCUT2D eigenvalue weighted by Gasteiger charge is -2.18. The maximum absolute atomic E-state index is 12.9. The van der Waals surface area contributed by atoms with E-state index in [1.54, 1.807) is 25.4 Å². The maximum atomic E-state index is 12.9. The Morgan fingerprint density at radius 1 is 1.20 bits per heavy atom. The van der Waals surface area contributed by atoms with Crippen LogP contribution in [0.5, 0.6) is 0 Å². The molecular weight excluding hydrogens is 342 g/mol. The number of rotatable bonds is 4. The van der Waals surface area contributed by atoms with E-state index in [0.29, 0.717) is 35.7 Å². The quantitative estimate of drug-likeness (QED) is 0.595. The number of aromatic nitrogens is 2. The standard InChI is InChI=1S/C16H21N5O3S/c1-19(2)9-10-24-18-15-12-7-5-6-8-14(12)21(4)25(22,23)16-13(15)11-20(3)17-16/h5-8,11H,9-10H2,1-4H3/b18-15+. The zero-order valence-corrected chi connectivity index (χ0v) is 15.5. The molecule has 0 spiro atoms. The van der Waals surface area contributed by atoms with Gasteiger partial charge in [0.05, 0.1) is 11.3 Å². The van der Waals surface area contributed by atoms with E-state index >= 15 is 0 Å². The van der Waals surface area contributed by atoms with Crippen LogP contribution in [0.1, 0.15) is 11.1 Å². The molecule has 3 rings (SSSR count). The molecule has 134 valence electrons. The molecule has 0 N–H and O–H groups in total. The molecule has 9 heteroatoms. The van der Waals surface area contributed by atoms with Crippen LogP contribution < -0.4 is 4.31 Å². The molecule has 1 aliphatic heterocycles. The van der Waals surface area contributed by atoms with Crippen molar-refractivity contribution in [3.8, 4) is 0 Å². The second kappa shape index (κ2) is 6.49. The molecule has 0 bridgehead atoms. The predicted octanol–water partition coefficient (Wildman–Crippen LogP) is 0.889. The molecule has 1 aliphatic rings. The lowest BCUT2D eigenvalue weighted by Crippen LogP contribution is -2.27. The summed E-state index contributed by atoms with van der Waals surface area (Å²) in [5.74, 6) is 0. The van der Waals surface area contributed by atoms with E-state index in [9.17, 15) is 8.42 Å². The van der Waals surface area contributed by atoms with Crippen molar-refractivity contribution in [1.82, 2.24) is 14.7 Å². The molecule has 0 saturated heterocycles. The second-order valence-electron chi connectivity index (χ2n) is 6.09. The summed E-state index contributed by atoms with van der Waals surface area (Å²) in [6.45, 7) is 1.10. The van der Waals surface area contributed by atoms with Gasteiger partial charge in [-0.05, 0) is 20.2 Å². The highest BCUT2D eigenvalue weighted by molar-refractivity contribution is 7.92. The fourth-order valence-electron chi connectivity index (χ4n) is 2.61. The fourth-order valence-corrected chi connectivity index (χ4v) is 3.94. The molecule has 1 aromatic heterocycles. The minimum absolute atomic E-state index is 0.0244. The average molecular weight is 363 g/mol. The molecule has 2 heterocycles. The zero-order valence-electron chi connectivity index (χ0n) is 14.7. The van der Waals surface area contributed by atoms with Gasteiger partial charge in [0.1, 0.15) is 12.3 Å². The van der Waals surface area contributed by atoms with Crippen LogP contribution >= 0.6 is 0 Å². The molecule has 0 radical (unpaired) electrons. The van der Waals surface area contributed by atoms with Gasteiger partial charge in [-0.3, -0.25) is 8.99 Å². The van der Waals surface area contributed by atoms with Gasteiger partial charge in [0, 0.05) is 32.4 Å². The van der Waals surface area contributed by atoms with Crippen LogP contribution in [0.15, 0.2) is 40.6 Å². The van der Waals surface area contributed by atoms with Gasteiger partial charge in [-0.15, -0.1) is 0 Å². The lowest BCUT2D eigenvalue weighted by atomic mass is 10.0. The van der Waals surface area contributed by atoms with Crippen LogP contribution in [0.3, 0.4) is 0 Å². The SMILES string of the molecule is CN(C)CCO/N=C1\c2ccccc2N(C)S(=O)(=O)c2nn(C)cc21. The first-order valence-corrected chi connectivity index (χ1v) is 9.23. The van der Waals surface area contributed by atoms with Crippen molar-refractivity contribution in [3.63, 3.8) is 0 Å². The van der Waals surface area contributed by atoms with Gasteiger partial charge in [-0.25, -0.2) is 0 Å². The Morgan fingerprint density at radius 2 is 1.92 bits per heavy atom. The second-order valence-corrected chi connectivity index (χ2v) is 7.97. The third kappa shape index (κ3) is 3.12. The summed E-state index contributed by atoms with van der Waals surface area (Å²) in [6, 6.07) is 7.21. The largest absolute Gasteiger partial charge is 0.394 e. The predicted molar refractivity (Wildman–Crippen MR) is 95.4 cm³/mol. The van der Waals surface area contributed by atoms with Crippen LogP contribution in [-0.4, -0.2) is 63.1 Å². The highest BCUT2D eigenvalue weighted by atomic mass is 32.2. The van der Waals surface area contributed by atoms with E-state index in [1.807, 2.05) is 31.1 Å². The monoisotopic (exact) mass is 363 g/mol. The summed E-state index contributed by atoms with van der Waals surface area (Å²) in [5.41, 5.74) is 2.12. The molecule has 0 atom stereocenters. The Kier molecular flexibility index (Phi) is 4.53. The Balaban J connectivity index is 2.17. The highest BCUT2D eigenvalue weighted by Crippen LogP contribution is 2.33. The van der Waals surface area contributed by atoms with Gasteiger partial charge in [-0.2, -0.15) is 13.5 Å². The van der Waals surface area contributed by atoms with E-state index < -0.39 is 10.0 Å². The molecule has 8 nitrogen and oxygen atoms in total. The number of likely N-dealkylation sites (N-methyl/N-ethyl adjacent to an activating group) is 1. The van der Waals surface area contributed by atoms with Crippen molar-refractivity contribution in [3.05, 3.63) is 41.6 Å². The number of anilines is 1. The number of fused-ring (bicyclic) bond motifs is 2. The molecule has 0 amide bonds. The molecule has 0 aliphatic carbocycles. The van der Waals surface area contributed by atoms with Gasteiger partial charge in [-0.1, -0.05) is 23.4 Å². The minimum atomic E-state index is -3.77. The fraction of sp³-hybridized carbons (Fsp3) is 0.375. The molecular formula is C16H21N5O3S. The molecule has 0 saturated carbocycles. The van der Waals surface area contributed by atoms with Crippen molar-refractivity contribution in [2.24, 2.45) is 12.2 Å². The number of hydrogen-bond donors (Lipinski definition) is 0. The lowest BCUT2D eigenvalue weighted by molar-refractivity contribution is 0.126. The Morgan fingerprint density at radius 3 is 2.64 bits per heavy atom. The van der Waals surface area contributed by atoms with E-state index in [-0.39, 0.29) is 5.03 Å². The number of oxime groups is 1. The van der Waals surface area contributed by atoms with Gasteiger partial charge < -0.3 is 9.74 Å². The number of para-hydroxylation sites is 1. The molecule has 0 fully saturated rings. The van der Waals surface area contributed by atoms with E-state index in [1.165, 1.54) is 16.0 Å². The first-order chi connectivity index (χ1) is 11.8. The molecule has 2 aromatic rings. The van der Waals surface area contributed by atoms with Crippen LogP contribution in [0.4, 0.5) is 5.69 Å². The number of hydrogen-bond acceptors (Lipinski definition) is 6. The summed E-state index contributed by atoms with van der Waals surface area (Å²) in [4.78, 5) is 7.44. The Hall–Kier alpha value is -2.39. The third-order valence-corrected chi connectivity index (χ3v) is 5.65. The summed E-state index contributed by atoms with van der Waals surface area (Å²) < 4.78 is 28.5. The van der Waals surface area contributed by atoms with Crippen LogP contribution in [0.2, 0.25) is 0 Å². The average Bonchev–Trinajstić information content (AvgIpc) is 2.94. The van der Waals surface area contributed by atoms with Crippen molar-refractivity contribution in [1.29, 1.82) is 0 Å². The normalized spacial score (nSPS) is 17.3. The number of aryl methyl sites for hydroxylation is 1. The number of benzene rings is 1. The Labute approximate surface area is 147 Å². The Bertz CT molecular complexity index is 918. The molecule has 0 unspecified atom stereocenters. The first kappa shape index (κ1) is 17.4. The van der Waals surface area contributed by atoms with E-state index in [4.69, 9.17) is 4.84 Å². The summed E-state index contributed by atoms with van der Waals surface area (Å²) in [6.07, 6.45) is 1.65. The highest BCUT2D eigenvalue weighted by Gasteiger charge is 2.36. The van der Waals surface area contributed by atoms with Crippen LogP contribution in [0, 0.1) is 0 Å². The zero-order chi connectivity index (χ0) is 18.2. The number of nitrogens with zero attached hydrogens (tertiary/aromatic N) is 5. The third-order valence-electron chi connectivity index (χ3n) is 3.94. The summed E-state index contributed by atoms with van der Waals surface area (Å²) in [5, 5.41) is 8.38. The van der Waals surface area contributed by atoms with Crippen LogP contribution in [-0.2, 0) is 21.9 Å². The topological polar surface area (TPSA) is 80.0 Å². The first-order valence-electron chi connectivity index (χ1n) is 7.79. The van der Waals surface area contributed by atoms with E-state index in [0.717, 1.165) is 0 Å². The summed E-state index contributed by atoms with van der Waals surface area (Å²) >= 11 is 0. The van der Waals surface area contributed by atoms with Gasteiger partial charge >= 0.3 is 0 Å². The van der Waals surface area contributed by atoms with Gasteiger partial charge in [0.15, 0.2) is 0 Å². The van der Waals surface area contributed by atoms with Crippen LogP contribution in [0.25, 0.3) is 0 Å². The van der Waals surface area contributed by atoms with Crippen molar-refractivity contribution in [2.45, 2.75) is 5.03 Å². The van der Waals surface area contributed by atoms with Crippen molar-refractivity contribution >= 4 is 21.4 Å². The molecule has 25 heavy (non-hydrogen) atoms. The smallest absolute Gasteiger partial charge is 0.284 e. The van der Waals surface area contributed by atoms with Crippen molar-refractivity contribution in [2.75, 3.05) is 38.6 Å². The van der Waals surface area contributed by atoms with Crippen molar-refractivity contribution < 1.29 is 13.3 Å². The van der Waals surface area contributed by atoms with Gasteiger partial charge in [0.2, 0.25) is 5.03 Å². The summed E-state index contributed by atoms with van der Waals surface area (Å²) in [7, 11) is 3.31.